The van der Waals surface area contributed by atoms with Crippen molar-refractivity contribution in [1.82, 2.24) is 15.6 Å². The van der Waals surface area contributed by atoms with Gasteiger partial charge in [0.1, 0.15) is 5.75 Å². The van der Waals surface area contributed by atoms with E-state index < -0.39 is 0 Å². The average molecular weight is 300 g/mol. The lowest BCUT2D eigenvalue weighted by atomic mass is 9.93. The van der Waals surface area contributed by atoms with E-state index in [2.05, 4.69) is 20.7 Å². The third-order valence-corrected chi connectivity index (χ3v) is 3.51. The van der Waals surface area contributed by atoms with Crippen molar-refractivity contribution in [2.45, 2.75) is 20.3 Å². The second-order valence-corrected chi connectivity index (χ2v) is 5.18. The number of benzene rings is 1. The molecule has 1 amide bonds. The molecule has 2 aromatic rings. The highest BCUT2D eigenvalue weighted by atomic mass is 16.5. The monoisotopic (exact) mass is 300 g/mol. The van der Waals surface area contributed by atoms with Gasteiger partial charge >= 0.3 is 0 Å². The van der Waals surface area contributed by atoms with Crippen molar-refractivity contribution < 1.29 is 13.9 Å². The van der Waals surface area contributed by atoms with Crippen LogP contribution in [-0.4, -0.2) is 28.9 Å². The van der Waals surface area contributed by atoms with Crippen LogP contribution < -0.4 is 10.2 Å². The van der Waals surface area contributed by atoms with Crippen LogP contribution in [0.1, 0.15) is 24.8 Å². The first kappa shape index (κ1) is 14.2. The van der Waals surface area contributed by atoms with Crippen LogP contribution in [0.25, 0.3) is 11.5 Å². The Hall–Kier alpha value is -2.70. The minimum atomic E-state index is -0.0758. The molecule has 1 aliphatic heterocycles. The van der Waals surface area contributed by atoms with E-state index in [-0.39, 0.29) is 11.8 Å². The van der Waals surface area contributed by atoms with Gasteiger partial charge in [-0.05, 0) is 18.2 Å². The highest BCUT2D eigenvalue weighted by Crippen LogP contribution is 2.29. The van der Waals surface area contributed by atoms with Gasteiger partial charge in [-0.25, -0.2) is 5.43 Å². The molecule has 0 fully saturated rings. The van der Waals surface area contributed by atoms with Gasteiger partial charge in [0.05, 0.1) is 12.8 Å². The quantitative estimate of drug-likeness (QED) is 0.935. The van der Waals surface area contributed by atoms with Gasteiger partial charge < -0.3 is 9.15 Å². The van der Waals surface area contributed by atoms with E-state index in [4.69, 9.17) is 9.15 Å². The van der Waals surface area contributed by atoms with Crippen molar-refractivity contribution in [3.63, 3.8) is 0 Å². The Morgan fingerprint density at radius 1 is 1.36 bits per heavy atom. The van der Waals surface area contributed by atoms with Crippen LogP contribution in [0.4, 0.5) is 0 Å². The third kappa shape index (κ3) is 2.57. The molecule has 22 heavy (non-hydrogen) atoms. The number of carbonyl (C=O) groups excluding carboxylic acids is 1. The van der Waals surface area contributed by atoms with Crippen molar-refractivity contribution in [2.75, 3.05) is 7.11 Å². The lowest BCUT2D eigenvalue weighted by Crippen LogP contribution is -2.32. The van der Waals surface area contributed by atoms with Crippen LogP contribution in [0.2, 0.25) is 0 Å². The molecule has 7 heteroatoms. The van der Waals surface area contributed by atoms with Gasteiger partial charge in [0.2, 0.25) is 17.7 Å². The molecule has 7 nitrogen and oxygen atoms in total. The topological polar surface area (TPSA) is 89.6 Å². The fraction of sp³-hybridized carbons (Fsp3) is 0.333. The molecule has 0 saturated heterocycles. The van der Waals surface area contributed by atoms with E-state index >= 15 is 0 Å². The Bertz CT molecular complexity index is 751. The minimum absolute atomic E-state index is 0.0270. The fourth-order valence-electron chi connectivity index (χ4n) is 2.43. The number of amides is 1. The van der Waals surface area contributed by atoms with Crippen molar-refractivity contribution in [1.29, 1.82) is 0 Å². The molecular formula is C15H16N4O3. The Labute approximate surface area is 127 Å². The summed E-state index contributed by atoms with van der Waals surface area (Å²) >= 11 is 0. The molecule has 1 atom stereocenters. The fourth-order valence-corrected chi connectivity index (χ4v) is 2.43. The first-order valence-electron chi connectivity index (χ1n) is 6.94. The maximum absolute atomic E-state index is 11.4. The van der Waals surface area contributed by atoms with Crippen molar-refractivity contribution in [2.24, 2.45) is 11.0 Å². The molecule has 1 unspecified atom stereocenters. The van der Waals surface area contributed by atoms with Gasteiger partial charge in [-0.1, -0.05) is 6.92 Å². The number of nitrogens with one attached hydrogen (secondary N) is 1. The SMILES string of the molecule is COc1cc(-c2nnc(C)o2)ccc1C1=NNC(=O)CC1C. The zero-order chi connectivity index (χ0) is 15.7. The molecule has 114 valence electrons. The molecule has 0 saturated carbocycles. The summed E-state index contributed by atoms with van der Waals surface area (Å²) in [7, 11) is 1.59. The van der Waals surface area contributed by atoms with Gasteiger partial charge in [0, 0.05) is 30.4 Å². The van der Waals surface area contributed by atoms with E-state index in [9.17, 15) is 4.79 Å². The molecule has 1 aromatic heterocycles. The number of hydrazone groups is 1. The van der Waals surface area contributed by atoms with Crippen molar-refractivity contribution in [3.8, 4) is 17.2 Å². The number of aromatic nitrogens is 2. The Morgan fingerprint density at radius 3 is 2.82 bits per heavy atom. The van der Waals surface area contributed by atoms with E-state index in [1.54, 1.807) is 14.0 Å². The maximum Gasteiger partial charge on any atom is 0.247 e. The number of ether oxygens (including phenoxy) is 1. The standard InChI is InChI=1S/C15H16N4O3/c1-8-6-13(20)17-18-14(8)11-5-4-10(7-12(11)21-3)15-19-16-9(2)22-15/h4-5,7-8H,6H2,1-3H3,(H,17,20). The minimum Gasteiger partial charge on any atom is -0.496 e. The summed E-state index contributed by atoms with van der Waals surface area (Å²) in [6.45, 7) is 3.70. The van der Waals surface area contributed by atoms with Crippen molar-refractivity contribution >= 4 is 11.6 Å². The predicted octanol–water partition coefficient (Wildman–Crippen LogP) is 1.91. The lowest BCUT2D eigenvalue weighted by molar-refractivity contribution is -0.121. The van der Waals surface area contributed by atoms with E-state index in [1.807, 2.05) is 25.1 Å². The third-order valence-electron chi connectivity index (χ3n) is 3.51. The number of carbonyl (C=O) groups is 1. The molecule has 0 bridgehead atoms. The molecule has 0 spiro atoms. The summed E-state index contributed by atoms with van der Waals surface area (Å²) in [4.78, 5) is 11.4. The van der Waals surface area contributed by atoms with Crippen LogP contribution in [0, 0.1) is 12.8 Å². The molecule has 0 aliphatic carbocycles. The average Bonchev–Trinajstić information content (AvgIpc) is 2.93. The summed E-state index contributed by atoms with van der Waals surface area (Å²) in [6, 6.07) is 5.59. The van der Waals surface area contributed by atoms with Crippen LogP contribution in [0.3, 0.4) is 0 Å². The number of methoxy groups -OCH3 is 1. The van der Waals surface area contributed by atoms with Crippen LogP contribution in [0.5, 0.6) is 5.75 Å². The Kier molecular flexibility index (Phi) is 3.62. The lowest BCUT2D eigenvalue weighted by Gasteiger charge is -2.20. The molecule has 2 heterocycles. The summed E-state index contributed by atoms with van der Waals surface area (Å²) in [5, 5.41) is 12.0. The number of nitrogens with zero attached hydrogens (tertiary/aromatic N) is 3. The van der Waals surface area contributed by atoms with Gasteiger partial charge in [-0.15, -0.1) is 10.2 Å². The number of rotatable bonds is 3. The van der Waals surface area contributed by atoms with Gasteiger partial charge in [0.15, 0.2) is 0 Å². The molecule has 0 radical (unpaired) electrons. The van der Waals surface area contributed by atoms with E-state index in [0.717, 1.165) is 16.8 Å². The largest absolute Gasteiger partial charge is 0.496 e. The molecule has 3 rings (SSSR count). The molecule has 1 aliphatic rings. The zero-order valence-corrected chi connectivity index (χ0v) is 12.6. The summed E-state index contributed by atoms with van der Waals surface area (Å²) < 4.78 is 10.9. The molecule has 1 aromatic carbocycles. The van der Waals surface area contributed by atoms with Crippen molar-refractivity contribution in [3.05, 3.63) is 29.7 Å². The number of hydrogen-bond donors (Lipinski definition) is 1. The highest BCUT2D eigenvalue weighted by Gasteiger charge is 2.24. The summed E-state index contributed by atoms with van der Waals surface area (Å²) in [5.74, 6) is 1.54. The molecule has 1 N–H and O–H groups in total. The first-order valence-corrected chi connectivity index (χ1v) is 6.94. The maximum atomic E-state index is 11.4. The van der Waals surface area contributed by atoms with E-state index in [1.165, 1.54) is 0 Å². The highest BCUT2D eigenvalue weighted by molar-refractivity contribution is 6.07. The first-order chi connectivity index (χ1) is 10.6. The Balaban J connectivity index is 2.01. The predicted molar refractivity (Wildman–Crippen MR) is 79.5 cm³/mol. The second-order valence-electron chi connectivity index (χ2n) is 5.18. The normalized spacial score (nSPS) is 17.9. The van der Waals surface area contributed by atoms with Gasteiger partial charge in [0.25, 0.3) is 0 Å². The zero-order valence-electron chi connectivity index (χ0n) is 12.6. The summed E-state index contributed by atoms with van der Waals surface area (Å²) in [5.41, 5.74) is 4.93. The number of aryl methyl sites for hydroxylation is 1. The Morgan fingerprint density at radius 2 is 2.18 bits per heavy atom. The van der Waals surface area contributed by atoms with Gasteiger partial charge in [-0.3, -0.25) is 4.79 Å². The number of hydrogen-bond acceptors (Lipinski definition) is 6. The summed E-state index contributed by atoms with van der Waals surface area (Å²) in [6.07, 6.45) is 0.409. The molecular weight excluding hydrogens is 284 g/mol. The van der Waals surface area contributed by atoms with Crippen LogP contribution >= 0.6 is 0 Å². The van der Waals surface area contributed by atoms with Crippen LogP contribution in [-0.2, 0) is 4.79 Å². The van der Waals surface area contributed by atoms with Gasteiger partial charge in [-0.2, -0.15) is 5.10 Å². The van der Waals surface area contributed by atoms with E-state index in [0.29, 0.717) is 24.0 Å². The van der Waals surface area contributed by atoms with Crippen LogP contribution in [0.15, 0.2) is 27.7 Å². The smallest absolute Gasteiger partial charge is 0.247 e. The second kappa shape index (κ2) is 5.59.